The molecule has 1 aliphatic rings. The van der Waals surface area contributed by atoms with Gasteiger partial charge in [0, 0.05) is 16.2 Å². The first-order valence-corrected chi connectivity index (χ1v) is 7.43. The van der Waals surface area contributed by atoms with E-state index in [9.17, 15) is 0 Å². The van der Waals surface area contributed by atoms with Gasteiger partial charge in [-0.15, -0.1) is 0 Å². The fraction of sp³-hybridized carbons (Fsp3) is 0.538. The van der Waals surface area contributed by atoms with Crippen molar-refractivity contribution < 1.29 is 4.74 Å². The van der Waals surface area contributed by atoms with Gasteiger partial charge in [0.15, 0.2) is 0 Å². The summed E-state index contributed by atoms with van der Waals surface area (Å²) in [5.41, 5.74) is 2.93. The van der Waals surface area contributed by atoms with Crippen LogP contribution in [0.3, 0.4) is 0 Å². The average Bonchev–Trinajstić information content (AvgIpc) is 2.65. The Labute approximate surface area is 114 Å². The second-order valence-corrected chi connectivity index (χ2v) is 6.60. The number of rotatable bonds is 3. The Morgan fingerprint density at radius 3 is 2.81 bits per heavy atom. The molecule has 0 aromatic heterocycles. The van der Waals surface area contributed by atoms with E-state index in [2.05, 4.69) is 57.8 Å². The first-order valence-electron chi connectivity index (χ1n) is 5.52. The van der Waals surface area contributed by atoms with Gasteiger partial charge in [0.25, 0.3) is 0 Å². The number of hydrogen-bond acceptors (Lipinski definition) is 1. The molecule has 0 bridgehead atoms. The molecule has 16 heavy (non-hydrogen) atoms. The third-order valence-electron chi connectivity index (χ3n) is 2.86. The van der Waals surface area contributed by atoms with Crippen LogP contribution < -0.4 is 4.74 Å². The molecule has 0 saturated carbocycles. The zero-order valence-corrected chi connectivity index (χ0v) is 12.8. The summed E-state index contributed by atoms with van der Waals surface area (Å²) in [6.45, 7) is 5.36. The number of alkyl halides is 1. The Kier molecular flexibility index (Phi) is 3.65. The lowest BCUT2D eigenvalue weighted by molar-refractivity contribution is 0.345. The van der Waals surface area contributed by atoms with Gasteiger partial charge in [0.1, 0.15) is 5.75 Å². The van der Waals surface area contributed by atoms with E-state index >= 15 is 0 Å². The predicted molar refractivity (Wildman–Crippen MR) is 74.6 cm³/mol. The maximum Gasteiger partial charge on any atom is 0.125 e. The van der Waals surface area contributed by atoms with E-state index in [0.29, 0.717) is 0 Å². The zero-order valence-electron chi connectivity index (χ0n) is 9.65. The van der Waals surface area contributed by atoms with Crippen LogP contribution in [-0.2, 0) is 12.8 Å². The summed E-state index contributed by atoms with van der Waals surface area (Å²) >= 11 is 7.15. The van der Waals surface area contributed by atoms with Crippen LogP contribution in [0.2, 0.25) is 0 Å². The Morgan fingerprint density at radius 2 is 2.12 bits per heavy atom. The van der Waals surface area contributed by atoms with Crippen molar-refractivity contribution in [2.24, 2.45) is 5.41 Å². The van der Waals surface area contributed by atoms with Gasteiger partial charge in [-0.3, -0.25) is 0 Å². The Balaban J connectivity index is 2.34. The Morgan fingerprint density at radius 1 is 1.38 bits per heavy atom. The number of benzene rings is 1. The fourth-order valence-corrected chi connectivity index (χ4v) is 2.79. The maximum atomic E-state index is 5.74. The van der Waals surface area contributed by atoms with Crippen LogP contribution in [0.5, 0.6) is 5.75 Å². The third kappa shape index (κ3) is 2.62. The standard InChI is InChI=1S/C13H16Br2O/c1-13(2,8-14)7-10-6-11(15)5-9-3-4-16-12(9)10/h5-6H,3-4,7-8H2,1-2H3. The van der Waals surface area contributed by atoms with Crippen molar-refractivity contribution in [1.82, 2.24) is 0 Å². The van der Waals surface area contributed by atoms with E-state index < -0.39 is 0 Å². The molecule has 0 spiro atoms. The molecular formula is C13H16Br2O. The van der Waals surface area contributed by atoms with Gasteiger partial charge in [-0.05, 0) is 35.1 Å². The van der Waals surface area contributed by atoms with Crippen LogP contribution in [-0.4, -0.2) is 11.9 Å². The molecule has 0 saturated heterocycles. The van der Waals surface area contributed by atoms with E-state index in [0.717, 1.165) is 35.0 Å². The number of ether oxygens (including phenoxy) is 1. The normalized spacial score (nSPS) is 14.8. The number of halogens is 2. The molecule has 1 aromatic rings. The van der Waals surface area contributed by atoms with Crippen molar-refractivity contribution >= 4 is 31.9 Å². The Bertz CT molecular complexity index is 399. The molecular weight excluding hydrogens is 332 g/mol. The summed E-state index contributed by atoms with van der Waals surface area (Å²) in [6.07, 6.45) is 2.08. The van der Waals surface area contributed by atoms with Crippen LogP contribution in [0.1, 0.15) is 25.0 Å². The summed E-state index contributed by atoms with van der Waals surface area (Å²) < 4.78 is 6.90. The highest BCUT2D eigenvalue weighted by Crippen LogP contribution is 2.37. The number of fused-ring (bicyclic) bond motifs is 1. The van der Waals surface area contributed by atoms with Crippen molar-refractivity contribution in [3.63, 3.8) is 0 Å². The highest BCUT2D eigenvalue weighted by Gasteiger charge is 2.23. The highest BCUT2D eigenvalue weighted by molar-refractivity contribution is 9.10. The smallest absolute Gasteiger partial charge is 0.125 e. The van der Waals surface area contributed by atoms with Crippen LogP contribution >= 0.6 is 31.9 Å². The lowest BCUT2D eigenvalue weighted by Crippen LogP contribution is -2.17. The minimum atomic E-state index is 0.264. The summed E-state index contributed by atoms with van der Waals surface area (Å²) in [5.74, 6) is 1.12. The molecule has 88 valence electrons. The third-order valence-corrected chi connectivity index (χ3v) is 4.83. The molecule has 0 radical (unpaired) electrons. The van der Waals surface area contributed by atoms with Gasteiger partial charge >= 0.3 is 0 Å². The van der Waals surface area contributed by atoms with Gasteiger partial charge in [-0.1, -0.05) is 45.7 Å². The summed E-state index contributed by atoms with van der Waals surface area (Å²) in [7, 11) is 0. The second kappa shape index (κ2) is 4.69. The van der Waals surface area contributed by atoms with Gasteiger partial charge in [-0.2, -0.15) is 0 Å². The molecule has 3 heteroatoms. The van der Waals surface area contributed by atoms with Crippen LogP contribution in [0, 0.1) is 5.41 Å². The molecule has 0 aliphatic carbocycles. The molecule has 1 aromatic carbocycles. The molecule has 1 heterocycles. The van der Waals surface area contributed by atoms with E-state index in [4.69, 9.17) is 4.74 Å². The first kappa shape index (κ1) is 12.4. The van der Waals surface area contributed by atoms with E-state index in [-0.39, 0.29) is 5.41 Å². The quantitative estimate of drug-likeness (QED) is 0.738. The van der Waals surface area contributed by atoms with E-state index in [1.807, 2.05) is 0 Å². The summed E-state index contributed by atoms with van der Waals surface area (Å²) in [4.78, 5) is 0. The van der Waals surface area contributed by atoms with E-state index in [1.54, 1.807) is 0 Å². The highest BCUT2D eigenvalue weighted by atomic mass is 79.9. The topological polar surface area (TPSA) is 9.23 Å². The van der Waals surface area contributed by atoms with Gasteiger partial charge in [0.2, 0.25) is 0 Å². The maximum absolute atomic E-state index is 5.74. The van der Waals surface area contributed by atoms with Crippen molar-refractivity contribution in [2.45, 2.75) is 26.7 Å². The van der Waals surface area contributed by atoms with Crippen LogP contribution in [0.4, 0.5) is 0 Å². The van der Waals surface area contributed by atoms with Gasteiger partial charge < -0.3 is 4.74 Å². The van der Waals surface area contributed by atoms with E-state index in [1.165, 1.54) is 11.1 Å². The lowest BCUT2D eigenvalue weighted by atomic mass is 9.87. The van der Waals surface area contributed by atoms with Gasteiger partial charge in [0.05, 0.1) is 6.61 Å². The summed E-state index contributed by atoms with van der Waals surface area (Å²) in [6, 6.07) is 4.36. The number of hydrogen-bond donors (Lipinski definition) is 0. The van der Waals surface area contributed by atoms with Crippen molar-refractivity contribution in [3.05, 3.63) is 27.7 Å². The largest absolute Gasteiger partial charge is 0.493 e. The predicted octanol–water partition coefficient (Wildman–Crippen LogP) is 4.35. The monoisotopic (exact) mass is 346 g/mol. The lowest BCUT2D eigenvalue weighted by Gasteiger charge is -2.23. The molecule has 0 unspecified atom stereocenters. The molecule has 1 aliphatic heterocycles. The molecule has 0 N–H and O–H groups in total. The zero-order chi connectivity index (χ0) is 11.8. The average molecular weight is 348 g/mol. The first-order chi connectivity index (χ1) is 7.52. The second-order valence-electron chi connectivity index (χ2n) is 5.13. The Hall–Kier alpha value is -0.0200. The van der Waals surface area contributed by atoms with Gasteiger partial charge in [-0.25, -0.2) is 0 Å². The molecule has 0 amide bonds. The minimum Gasteiger partial charge on any atom is -0.493 e. The molecule has 2 rings (SSSR count). The molecule has 0 atom stereocenters. The van der Waals surface area contributed by atoms with Crippen molar-refractivity contribution in [3.8, 4) is 5.75 Å². The van der Waals surface area contributed by atoms with Crippen molar-refractivity contribution in [1.29, 1.82) is 0 Å². The van der Waals surface area contributed by atoms with Crippen LogP contribution in [0.15, 0.2) is 16.6 Å². The summed E-state index contributed by atoms with van der Waals surface area (Å²) in [5, 5.41) is 1.00. The van der Waals surface area contributed by atoms with Crippen LogP contribution in [0.25, 0.3) is 0 Å². The molecule has 1 nitrogen and oxygen atoms in total. The fourth-order valence-electron chi connectivity index (χ4n) is 2.04. The SMILES string of the molecule is CC(C)(CBr)Cc1cc(Br)cc2c1OCC2. The molecule has 0 fully saturated rings. The van der Waals surface area contributed by atoms with Crippen molar-refractivity contribution in [2.75, 3.05) is 11.9 Å². The minimum absolute atomic E-state index is 0.264.